The number of halogens is 5. The molecule has 4 aromatic rings. The lowest BCUT2D eigenvalue weighted by atomic mass is 9.90. The van der Waals surface area contributed by atoms with Crippen molar-refractivity contribution in [2.75, 3.05) is 37.1 Å². The van der Waals surface area contributed by atoms with E-state index >= 15 is 0 Å². The number of hydrogen-bond donors (Lipinski definition) is 2. The van der Waals surface area contributed by atoms with E-state index < -0.39 is 24.0 Å². The van der Waals surface area contributed by atoms with Crippen molar-refractivity contribution >= 4 is 17.8 Å². The average molecular weight is 676 g/mol. The van der Waals surface area contributed by atoms with Crippen LogP contribution in [-0.2, 0) is 10.9 Å². The number of ether oxygens (including phenoxy) is 2. The number of urea groups is 1. The van der Waals surface area contributed by atoms with Crippen molar-refractivity contribution in [3.63, 3.8) is 0 Å². The zero-order valence-corrected chi connectivity index (χ0v) is 25.4. The Labute approximate surface area is 270 Å². The van der Waals surface area contributed by atoms with E-state index in [2.05, 4.69) is 45.6 Å². The zero-order chi connectivity index (χ0) is 33.8. The van der Waals surface area contributed by atoms with Gasteiger partial charge in [0.2, 0.25) is 5.95 Å². The third kappa shape index (κ3) is 7.40. The highest BCUT2D eigenvalue weighted by Crippen LogP contribution is 2.36. The largest absolute Gasteiger partial charge is 0.467 e. The first-order valence-corrected chi connectivity index (χ1v) is 15.0. The molecule has 48 heavy (non-hydrogen) atoms. The summed E-state index contributed by atoms with van der Waals surface area (Å²) in [7, 11) is 1.46. The van der Waals surface area contributed by atoms with Gasteiger partial charge < -0.3 is 20.1 Å². The summed E-state index contributed by atoms with van der Waals surface area (Å²) < 4.78 is 77.8. The quantitative estimate of drug-likeness (QED) is 0.227. The van der Waals surface area contributed by atoms with Gasteiger partial charge in [-0.2, -0.15) is 27.1 Å². The molecule has 2 N–H and O–H groups in total. The van der Waals surface area contributed by atoms with Crippen molar-refractivity contribution in [3.05, 3.63) is 48.8 Å². The molecule has 1 saturated heterocycles. The predicted molar refractivity (Wildman–Crippen MR) is 159 cm³/mol. The van der Waals surface area contributed by atoms with E-state index in [1.165, 1.54) is 19.5 Å². The maximum atomic E-state index is 13.7. The van der Waals surface area contributed by atoms with Gasteiger partial charge in [0.15, 0.2) is 5.82 Å². The maximum Gasteiger partial charge on any atom is 0.420 e. The summed E-state index contributed by atoms with van der Waals surface area (Å²) in [6.45, 7) is -1.46. The number of rotatable bonds is 10. The summed E-state index contributed by atoms with van der Waals surface area (Å²) in [6.07, 6.45) is 4.84. The molecule has 2 aliphatic rings. The molecule has 1 aliphatic carbocycles. The molecule has 2 fully saturated rings. The first-order chi connectivity index (χ1) is 23.1. The van der Waals surface area contributed by atoms with Gasteiger partial charge >= 0.3 is 24.8 Å². The minimum absolute atomic E-state index is 0.102. The molecule has 0 spiro atoms. The number of aromatic nitrogens is 8. The Balaban J connectivity index is 1.16. The Morgan fingerprint density at radius 1 is 1.02 bits per heavy atom. The number of anilines is 2. The predicted octanol–water partition coefficient (Wildman–Crippen LogP) is 4.60. The fraction of sp³-hybridized carbons (Fsp3) is 0.448. The van der Waals surface area contributed by atoms with Crippen molar-refractivity contribution < 1.29 is 36.2 Å². The van der Waals surface area contributed by atoms with Crippen LogP contribution in [0.2, 0.25) is 0 Å². The van der Waals surface area contributed by atoms with Crippen molar-refractivity contribution in [2.45, 2.75) is 50.5 Å². The monoisotopic (exact) mass is 675 g/mol. The van der Waals surface area contributed by atoms with Gasteiger partial charge in [-0.25, -0.2) is 34.4 Å². The molecule has 0 unspecified atom stereocenters. The molecule has 14 nitrogen and oxygen atoms in total. The second kappa shape index (κ2) is 14.0. The summed E-state index contributed by atoms with van der Waals surface area (Å²) in [6, 6.07) is 0.390. The molecule has 254 valence electrons. The van der Waals surface area contributed by atoms with E-state index in [1.54, 1.807) is 17.3 Å². The Morgan fingerprint density at radius 3 is 2.35 bits per heavy atom. The molecule has 1 saturated carbocycles. The lowest BCUT2D eigenvalue weighted by Crippen LogP contribution is -2.51. The van der Waals surface area contributed by atoms with Gasteiger partial charge in [0.25, 0.3) is 0 Å². The van der Waals surface area contributed by atoms with E-state index in [0.29, 0.717) is 68.7 Å². The summed E-state index contributed by atoms with van der Waals surface area (Å²) in [5.41, 5.74) is -1.07. The molecule has 19 heteroatoms. The van der Waals surface area contributed by atoms with Crippen molar-refractivity contribution in [1.29, 1.82) is 0 Å². The van der Waals surface area contributed by atoms with E-state index in [-0.39, 0.29) is 46.4 Å². The Bertz CT molecular complexity index is 1690. The Kier molecular flexibility index (Phi) is 9.56. The highest BCUT2D eigenvalue weighted by Gasteiger charge is 2.37. The van der Waals surface area contributed by atoms with Crippen LogP contribution < -0.4 is 20.3 Å². The summed E-state index contributed by atoms with van der Waals surface area (Å²) >= 11 is 0. The van der Waals surface area contributed by atoms with Crippen LogP contribution in [0.1, 0.15) is 37.8 Å². The first kappa shape index (κ1) is 32.9. The topological polar surface area (TPSA) is 158 Å². The molecule has 0 atom stereocenters. The van der Waals surface area contributed by atoms with Gasteiger partial charge in [-0.3, -0.25) is 9.88 Å². The number of nitrogens with one attached hydrogen (secondary N) is 2. The number of nitrogens with zero attached hydrogens (tertiary/aromatic N) is 9. The van der Waals surface area contributed by atoms with Gasteiger partial charge in [-0.05, 0) is 31.7 Å². The highest BCUT2D eigenvalue weighted by molar-refractivity contribution is 5.91. The Hall–Kier alpha value is -5.07. The molecule has 4 aromatic heterocycles. The van der Waals surface area contributed by atoms with Crippen molar-refractivity contribution in [1.82, 2.24) is 45.0 Å². The number of methoxy groups -OCH3 is 1. The first-order valence-electron chi connectivity index (χ1n) is 15.0. The Morgan fingerprint density at radius 2 is 1.77 bits per heavy atom. The fourth-order valence-corrected chi connectivity index (χ4v) is 5.41. The third-order valence-electron chi connectivity index (χ3n) is 8.00. The lowest BCUT2D eigenvalue weighted by molar-refractivity contribution is -0.137. The van der Waals surface area contributed by atoms with Gasteiger partial charge in [0.05, 0.1) is 38.4 Å². The summed E-state index contributed by atoms with van der Waals surface area (Å²) in [4.78, 5) is 40.1. The minimum atomic E-state index is -4.83. The molecule has 6 rings (SSSR count). The van der Waals surface area contributed by atoms with Gasteiger partial charge in [-0.1, -0.05) is 0 Å². The summed E-state index contributed by atoms with van der Waals surface area (Å²) in [5.74, 6) is 0.456. The van der Waals surface area contributed by atoms with Gasteiger partial charge in [-0.15, -0.1) is 0 Å². The smallest absolute Gasteiger partial charge is 0.420 e. The molecule has 0 aromatic carbocycles. The maximum absolute atomic E-state index is 13.7. The number of carbonyl (C=O) groups excluding carboxylic acids is 1. The SMILES string of the molecule is COc1ncc(-c2cnc(N(C(=O)NCC3COC3)C3CCC(Nc4ncc(C(F)(F)F)c(-c5ccn(C(F)F)n5)n4)CC3)cn2)cn1. The van der Waals surface area contributed by atoms with E-state index in [4.69, 9.17) is 9.47 Å². The zero-order valence-electron chi connectivity index (χ0n) is 25.4. The molecular formula is C29H30F5N11O3. The highest BCUT2D eigenvalue weighted by atomic mass is 19.4. The van der Waals surface area contributed by atoms with Crippen LogP contribution in [0.25, 0.3) is 22.6 Å². The normalized spacial score (nSPS) is 18.3. The van der Waals surface area contributed by atoms with Crippen LogP contribution in [0.3, 0.4) is 0 Å². The van der Waals surface area contributed by atoms with Crippen LogP contribution >= 0.6 is 0 Å². The molecule has 0 bridgehead atoms. The van der Waals surface area contributed by atoms with Crippen LogP contribution in [0, 0.1) is 5.92 Å². The van der Waals surface area contributed by atoms with Crippen molar-refractivity contribution in [2.24, 2.45) is 5.92 Å². The molecule has 1 aliphatic heterocycles. The van der Waals surface area contributed by atoms with Crippen LogP contribution in [0.15, 0.2) is 43.2 Å². The molecular weight excluding hydrogens is 645 g/mol. The summed E-state index contributed by atoms with van der Waals surface area (Å²) in [5, 5.41) is 9.58. The standard InChI is InChI=1S/C29H30F5N11O3/c1-47-27-38-9-17(10-39-27)22-12-36-23(13-35-22)45(28(46)40-8-16-14-48-15-16)19-4-2-18(3-5-19)41-26-37-11-20(29(32,33)34)24(42-26)21-6-7-44(43-21)25(30)31/h6-7,9-13,16,18-19,25H,2-5,8,14-15H2,1H3,(H,40,46)(H,37,41,42). The fourth-order valence-electron chi connectivity index (χ4n) is 5.41. The van der Waals surface area contributed by atoms with E-state index in [9.17, 15) is 26.7 Å². The third-order valence-corrected chi connectivity index (χ3v) is 8.00. The number of alkyl halides is 5. The van der Waals surface area contributed by atoms with Crippen LogP contribution in [0.5, 0.6) is 6.01 Å². The van der Waals surface area contributed by atoms with Gasteiger partial charge in [0.1, 0.15) is 17.0 Å². The van der Waals surface area contributed by atoms with Gasteiger partial charge in [0, 0.05) is 54.9 Å². The van der Waals surface area contributed by atoms with E-state index in [0.717, 1.165) is 12.3 Å². The average Bonchev–Trinajstić information content (AvgIpc) is 3.56. The number of amides is 2. The van der Waals surface area contributed by atoms with E-state index in [1.807, 2.05) is 0 Å². The molecule has 5 heterocycles. The minimum Gasteiger partial charge on any atom is -0.467 e. The van der Waals surface area contributed by atoms with Crippen molar-refractivity contribution in [3.8, 4) is 28.7 Å². The van der Waals surface area contributed by atoms with Crippen LogP contribution in [-0.4, -0.2) is 84.7 Å². The number of hydrogen-bond acceptors (Lipinski definition) is 11. The second-order valence-corrected chi connectivity index (χ2v) is 11.2. The lowest BCUT2D eigenvalue weighted by Gasteiger charge is -2.37. The molecule has 2 amide bonds. The number of carbonyl (C=O) groups is 1. The second-order valence-electron chi connectivity index (χ2n) is 11.2. The molecule has 0 radical (unpaired) electrons. The van der Waals surface area contributed by atoms with Crippen LogP contribution in [0.4, 0.5) is 38.5 Å².